The van der Waals surface area contributed by atoms with Crippen molar-refractivity contribution in [2.75, 3.05) is 6.54 Å². The van der Waals surface area contributed by atoms with Crippen LogP contribution in [0.4, 0.5) is 0 Å². The predicted molar refractivity (Wildman–Crippen MR) is 69.0 cm³/mol. The number of carboxylic acid groups (broad SMARTS) is 1. The number of carbonyl (C=O) groups excluding carboxylic acids is 1. The number of aromatic nitrogens is 2. The standard InChI is InChI=1S/C12H19N3O4/c1-2-8(3-4-10(16)17)5-6-13-11(18)9-7-14-12(19)15-9/h7-8H,2-6H2,1H3,(H,13,18)(H,16,17)(H2,14,15,19). The Morgan fingerprint density at radius 1 is 1.42 bits per heavy atom. The van der Waals surface area contributed by atoms with Crippen LogP contribution >= 0.6 is 0 Å². The van der Waals surface area contributed by atoms with E-state index < -0.39 is 11.7 Å². The highest BCUT2D eigenvalue weighted by atomic mass is 16.4. The molecule has 0 aliphatic rings. The fraction of sp³-hybridized carbons (Fsp3) is 0.583. The molecule has 1 aromatic heterocycles. The van der Waals surface area contributed by atoms with E-state index in [1.54, 1.807) is 0 Å². The van der Waals surface area contributed by atoms with Crippen LogP contribution in [0.25, 0.3) is 0 Å². The van der Waals surface area contributed by atoms with Gasteiger partial charge < -0.3 is 20.4 Å². The Balaban J connectivity index is 2.30. The molecule has 0 spiro atoms. The molecule has 1 heterocycles. The van der Waals surface area contributed by atoms with Crippen LogP contribution in [0, 0.1) is 5.92 Å². The van der Waals surface area contributed by atoms with Crippen LogP contribution in [0.3, 0.4) is 0 Å². The third-order valence-corrected chi connectivity index (χ3v) is 3.02. The third-order valence-electron chi connectivity index (χ3n) is 3.02. The zero-order valence-corrected chi connectivity index (χ0v) is 10.9. The second-order valence-corrected chi connectivity index (χ2v) is 4.41. The number of H-pyrrole nitrogens is 2. The van der Waals surface area contributed by atoms with Crippen molar-refractivity contribution in [3.8, 4) is 0 Å². The minimum absolute atomic E-state index is 0.150. The largest absolute Gasteiger partial charge is 0.481 e. The maximum Gasteiger partial charge on any atom is 0.323 e. The van der Waals surface area contributed by atoms with Gasteiger partial charge in [-0.25, -0.2) is 4.79 Å². The monoisotopic (exact) mass is 269 g/mol. The summed E-state index contributed by atoms with van der Waals surface area (Å²) in [5.41, 5.74) is -0.221. The van der Waals surface area contributed by atoms with Crippen LogP contribution in [0.1, 0.15) is 43.1 Å². The Morgan fingerprint density at radius 3 is 2.68 bits per heavy atom. The molecule has 1 rings (SSSR count). The number of rotatable bonds is 8. The summed E-state index contributed by atoms with van der Waals surface area (Å²) in [6, 6.07) is 0. The number of imidazole rings is 1. The molecule has 0 radical (unpaired) electrons. The van der Waals surface area contributed by atoms with Crippen molar-refractivity contribution in [2.45, 2.75) is 32.6 Å². The smallest absolute Gasteiger partial charge is 0.323 e. The van der Waals surface area contributed by atoms with Crippen LogP contribution in [-0.2, 0) is 4.79 Å². The molecule has 0 aliphatic carbocycles. The van der Waals surface area contributed by atoms with Gasteiger partial charge in [0.15, 0.2) is 0 Å². The minimum Gasteiger partial charge on any atom is -0.481 e. The number of amides is 1. The summed E-state index contributed by atoms with van der Waals surface area (Å²) in [6.45, 7) is 2.46. The summed E-state index contributed by atoms with van der Waals surface area (Å²) in [6.07, 6.45) is 3.69. The molecule has 0 aromatic carbocycles. The highest BCUT2D eigenvalue weighted by molar-refractivity contribution is 5.91. The molecule has 1 atom stereocenters. The van der Waals surface area contributed by atoms with E-state index in [-0.39, 0.29) is 23.9 Å². The molecule has 19 heavy (non-hydrogen) atoms. The van der Waals surface area contributed by atoms with Gasteiger partial charge in [0.05, 0.1) is 0 Å². The average molecular weight is 269 g/mol. The number of hydrogen-bond donors (Lipinski definition) is 4. The van der Waals surface area contributed by atoms with Crippen LogP contribution < -0.4 is 11.0 Å². The van der Waals surface area contributed by atoms with E-state index in [0.717, 1.165) is 12.8 Å². The molecule has 1 unspecified atom stereocenters. The van der Waals surface area contributed by atoms with Gasteiger partial charge in [0.25, 0.3) is 5.91 Å². The summed E-state index contributed by atoms with van der Waals surface area (Å²) in [5, 5.41) is 11.3. The molecule has 1 aromatic rings. The molecule has 1 amide bonds. The quantitative estimate of drug-likeness (QED) is 0.556. The van der Waals surface area contributed by atoms with Crippen molar-refractivity contribution in [1.29, 1.82) is 0 Å². The maximum atomic E-state index is 11.6. The fourth-order valence-electron chi connectivity index (χ4n) is 1.82. The van der Waals surface area contributed by atoms with Gasteiger partial charge in [0.2, 0.25) is 0 Å². The van der Waals surface area contributed by atoms with E-state index in [1.165, 1.54) is 6.20 Å². The molecule has 0 fully saturated rings. The molecule has 0 aliphatic heterocycles. The molecule has 0 saturated heterocycles. The first-order valence-corrected chi connectivity index (χ1v) is 6.30. The first-order valence-electron chi connectivity index (χ1n) is 6.30. The normalized spacial score (nSPS) is 12.1. The Bertz CT molecular complexity index is 477. The van der Waals surface area contributed by atoms with Crippen molar-refractivity contribution >= 4 is 11.9 Å². The van der Waals surface area contributed by atoms with Crippen LogP contribution in [-0.4, -0.2) is 33.5 Å². The van der Waals surface area contributed by atoms with Crippen molar-refractivity contribution in [1.82, 2.24) is 15.3 Å². The summed E-state index contributed by atoms with van der Waals surface area (Å²) in [5.74, 6) is -0.861. The van der Waals surface area contributed by atoms with E-state index in [0.29, 0.717) is 13.0 Å². The number of carboxylic acids is 1. The van der Waals surface area contributed by atoms with Gasteiger partial charge in [-0.3, -0.25) is 9.59 Å². The molecule has 106 valence electrons. The first kappa shape index (κ1) is 15.0. The van der Waals surface area contributed by atoms with Crippen molar-refractivity contribution in [3.05, 3.63) is 22.4 Å². The van der Waals surface area contributed by atoms with Crippen molar-refractivity contribution < 1.29 is 14.7 Å². The zero-order chi connectivity index (χ0) is 14.3. The molecule has 0 bridgehead atoms. The van der Waals surface area contributed by atoms with Gasteiger partial charge in [0.1, 0.15) is 5.69 Å². The number of aromatic amines is 2. The average Bonchev–Trinajstić information content (AvgIpc) is 2.79. The highest BCUT2D eigenvalue weighted by Gasteiger charge is 2.11. The third kappa shape index (κ3) is 5.41. The Hall–Kier alpha value is -2.05. The Morgan fingerprint density at radius 2 is 2.16 bits per heavy atom. The number of nitrogens with one attached hydrogen (secondary N) is 3. The lowest BCUT2D eigenvalue weighted by atomic mass is 9.97. The first-order chi connectivity index (χ1) is 9.02. The summed E-state index contributed by atoms with van der Waals surface area (Å²) in [4.78, 5) is 37.6. The summed E-state index contributed by atoms with van der Waals surface area (Å²) >= 11 is 0. The van der Waals surface area contributed by atoms with E-state index in [1.807, 2.05) is 6.92 Å². The number of hydrogen-bond acceptors (Lipinski definition) is 3. The van der Waals surface area contributed by atoms with Gasteiger partial charge in [0, 0.05) is 19.2 Å². The van der Waals surface area contributed by atoms with Crippen molar-refractivity contribution in [2.24, 2.45) is 5.92 Å². The van der Waals surface area contributed by atoms with Gasteiger partial charge in [-0.2, -0.15) is 0 Å². The molecular formula is C12H19N3O4. The molecular weight excluding hydrogens is 250 g/mol. The number of aliphatic carboxylic acids is 1. The fourth-order valence-corrected chi connectivity index (χ4v) is 1.82. The minimum atomic E-state index is -0.799. The van der Waals surface area contributed by atoms with Crippen molar-refractivity contribution in [3.63, 3.8) is 0 Å². The van der Waals surface area contributed by atoms with Crippen LogP contribution in [0.15, 0.2) is 11.0 Å². The summed E-state index contributed by atoms with van der Waals surface area (Å²) in [7, 11) is 0. The van der Waals surface area contributed by atoms with E-state index in [4.69, 9.17) is 5.11 Å². The molecule has 7 nitrogen and oxygen atoms in total. The van der Waals surface area contributed by atoms with Crippen LogP contribution in [0.5, 0.6) is 0 Å². The molecule has 0 saturated carbocycles. The Kier molecular flexibility index (Phi) is 5.84. The topological polar surface area (TPSA) is 115 Å². The van der Waals surface area contributed by atoms with Gasteiger partial charge in [-0.05, 0) is 18.8 Å². The Labute approximate surface area is 110 Å². The SMILES string of the molecule is CCC(CCNC(=O)c1c[nH]c(=O)[nH]1)CCC(=O)O. The van der Waals surface area contributed by atoms with Gasteiger partial charge >= 0.3 is 11.7 Å². The lowest BCUT2D eigenvalue weighted by molar-refractivity contribution is -0.137. The number of carbonyl (C=O) groups is 2. The second-order valence-electron chi connectivity index (χ2n) is 4.41. The predicted octanol–water partition coefficient (Wildman–Crippen LogP) is 0.714. The summed E-state index contributed by atoms with van der Waals surface area (Å²) < 4.78 is 0. The van der Waals surface area contributed by atoms with E-state index >= 15 is 0 Å². The zero-order valence-electron chi connectivity index (χ0n) is 10.9. The van der Waals surface area contributed by atoms with Gasteiger partial charge in [-0.15, -0.1) is 0 Å². The highest BCUT2D eigenvalue weighted by Crippen LogP contribution is 2.14. The molecule has 4 N–H and O–H groups in total. The van der Waals surface area contributed by atoms with E-state index in [9.17, 15) is 14.4 Å². The van der Waals surface area contributed by atoms with E-state index in [2.05, 4.69) is 15.3 Å². The lowest BCUT2D eigenvalue weighted by Crippen LogP contribution is -2.26. The van der Waals surface area contributed by atoms with Crippen LogP contribution in [0.2, 0.25) is 0 Å². The van der Waals surface area contributed by atoms with Gasteiger partial charge in [-0.1, -0.05) is 13.3 Å². The maximum absolute atomic E-state index is 11.6. The molecule has 7 heteroatoms. The lowest BCUT2D eigenvalue weighted by Gasteiger charge is -2.13. The second kappa shape index (κ2) is 7.40.